The molecule has 2 unspecified atom stereocenters. The first-order valence-corrected chi connectivity index (χ1v) is 6.85. The van der Waals surface area contributed by atoms with Gasteiger partial charge in [0.05, 0.1) is 12.1 Å². The summed E-state index contributed by atoms with van der Waals surface area (Å²) in [6, 6.07) is 3.52. The van der Waals surface area contributed by atoms with E-state index in [1.54, 1.807) is 30.6 Å². The lowest BCUT2D eigenvalue weighted by Gasteiger charge is -1.99. The fraction of sp³-hybridized carbons (Fsp3) is 0.357. The standard InChI is InChI=1S/C14H14Cl2N2O2/c1-14(2)10(7-11(15)16)12(14)13(19)20-18-8-9-3-5-17-6-4-9/h3-8,10,12H,1-2H3/b18-8+. The first kappa shape index (κ1) is 15.0. The number of carbonyl (C=O) groups excluding carboxylic acids is 1. The number of halogens is 2. The Labute approximate surface area is 127 Å². The summed E-state index contributed by atoms with van der Waals surface area (Å²) < 4.78 is 0.165. The lowest BCUT2D eigenvalue weighted by molar-refractivity contribution is -0.146. The number of aromatic nitrogens is 1. The van der Waals surface area contributed by atoms with E-state index in [2.05, 4.69) is 10.1 Å². The van der Waals surface area contributed by atoms with Gasteiger partial charge in [0.15, 0.2) is 0 Å². The zero-order valence-corrected chi connectivity index (χ0v) is 12.6. The lowest BCUT2D eigenvalue weighted by Crippen LogP contribution is -2.07. The predicted molar refractivity (Wildman–Crippen MR) is 78.5 cm³/mol. The van der Waals surface area contributed by atoms with Crippen LogP contribution in [0.2, 0.25) is 0 Å². The van der Waals surface area contributed by atoms with Gasteiger partial charge in [-0.15, -0.1) is 0 Å². The summed E-state index contributed by atoms with van der Waals surface area (Å²) in [5.41, 5.74) is 0.598. The van der Waals surface area contributed by atoms with Gasteiger partial charge >= 0.3 is 5.97 Å². The van der Waals surface area contributed by atoms with Gasteiger partial charge in [-0.3, -0.25) is 4.98 Å². The molecule has 1 saturated carbocycles. The largest absolute Gasteiger partial charge is 0.339 e. The van der Waals surface area contributed by atoms with Gasteiger partial charge < -0.3 is 4.84 Å². The average molecular weight is 313 g/mol. The molecule has 6 heteroatoms. The number of oxime groups is 1. The highest BCUT2D eigenvalue weighted by Gasteiger charge is 2.62. The van der Waals surface area contributed by atoms with Gasteiger partial charge in [-0.05, 0) is 35.1 Å². The van der Waals surface area contributed by atoms with Crippen molar-refractivity contribution in [2.24, 2.45) is 22.4 Å². The Morgan fingerprint density at radius 3 is 2.65 bits per heavy atom. The van der Waals surface area contributed by atoms with Gasteiger partial charge in [0.2, 0.25) is 0 Å². The van der Waals surface area contributed by atoms with Crippen molar-refractivity contribution in [3.8, 4) is 0 Å². The third-order valence-corrected chi connectivity index (χ3v) is 3.77. The van der Waals surface area contributed by atoms with Gasteiger partial charge in [-0.25, -0.2) is 4.79 Å². The third-order valence-electron chi connectivity index (χ3n) is 3.52. The molecular formula is C14H14Cl2N2O2. The van der Waals surface area contributed by atoms with Crippen LogP contribution in [-0.4, -0.2) is 17.2 Å². The maximum absolute atomic E-state index is 11.9. The molecule has 0 bridgehead atoms. The molecular weight excluding hydrogens is 299 g/mol. The van der Waals surface area contributed by atoms with Gasteiger partial charge in [0.1, 0.15) is 4.49 Å². The highest BCUT2D eigenvalue weighted by atomic mass is 35.5. The normalized spacial score (nSPS) is 23.4. The summed E-state index contributed by atoms with van der Waals surface area (Å²) in [7, 11) is 0. The van der Waals surface area contributed by atoms with Gasteiger partial charge in [0.25, 0.3) is 0 Å². The van der Waals surface area contributed by atoms with Gasteiger partial charge in [-0.2, -0.15) is 0 Å². The average Bonchev–Trinajstić information content (AvgIpc) is 2.91. The van der Waals surface area contributed by atoms with Crippen LogP contribution in [0.25, 0.3) is 0 Å². The third kappa shape index (κ3) is 3.38. The number of allylic oxidation sites excluding steroid dienone is 1. The summed E-state index contributed by atoms with van der Waals surface area (Å²) in [5.74, 6) is -0.670. The van der Waals surface area contributed by atoms with Crippen molar-refractivity contribution >= 4 is 35.4 Å². The van der Waals surface area contributed by atoms with Crippen molar-refractivity contribution in [1.82, 2.24) is 4.98 Å². The number of nitrogens with zero attached hydrogens (tertiary/aromatic N) is 2. The number of hydrogen-bond donors (Lipinski definition) is 0. The smallest absolute Gasteiger partial charge is 0.318 e. The molecule has 2 rings (SSSR count). The minimum Gasteiger partial charge on any atom is -0.318 e. The number of pyridine rings is 1. The van der Waals surface area contributed by atoms with Crippen molar-refractivity contribution < 1.29 is 9.63 Å². The second-order valence-electron chi connectivity index (χ2n) is 5.21. The maximum atomic E-state index is 11.9. The molecule has 106 valence electrons. The monoisotopic (exact) mass is 312 g/mol. The fourth-order valence-corrected chi connectivity index (χ4v) is 2.49. The quantitative estimate of drug-likeness (QED) is 0.485. The molecule has 0 N–H and O–H groups in total. The molecule has 0 radical (unpaired) electrons. The Morgan fingerprint density at radius 1 is 1.40 bits per heavy atom. The van der Waals surface area contributed by atoms with E-state index in [9.17, 15) is 4.79 Å². The molecule has 1 aliphatic rings. The second-order valence-corrected chi connectivity index (χ2v) is 6.21. The van der Waals surface area contributed by atoms with Crippen LogP contribution >= 0.6 is 23.2 Å². The molecule has 0 saturated heterocycles. The minimum atomic E-state index is -0.379. The van der Waals surface area contributed by atoms with E-state index in [1.807, 2.05) is 13.8 Å². The number of rotatable bonds is 4. The molecule has 1 heterocycles. The number of carbonyl (C=O) groups is 1. The molecule has 1 aliphatic carbocycles. The summed E-state index contributed by atoms with van der Waals surface area (Å²) in [5, 5.41) is 3.69. The highest BCUT2D eigenvalue weighted by Crippen LogP contribution is 2.60. The van der Waals surface area contributed by atoms with Crippen molar-refractivity contribution in [2.75, 3.05) is 0 Å². The molecule has 2 atom stereocenters. The Kier molecular flexibility index (Phi) is 4.45. The van der Waals surface area contributed by atoms with E-state index in [0.717, 1.165) is 5.56 Å². The van der Waals surface area contributed by atoms with E-state index in [1.165, 1.54) is 6.21 Å². The zero-order chi connectivity index (χ0) is 14.8. The summed E-state index contributed by atoms with van der Waals surface area (Å²) in [4.78, 5) is 20.7. The van der Waals surface area contributed by atoms with Crippen LogP contribution in [-0.2, 0) is 9.63 Å². The van der Waals surface area contributed by atoms with Gasteiger partial charge in [0, 0.05) is 12.4 Å². The Bertz CT molecular complexity index is 552. The molecule has 1 aromatic heterocycles. The van der Waals surface area contributed by atoms with Crippen LogP contribution in [0.15, 0.2) is 40.2 Å². The van der Waals surface area contributed by atoms with Crippen LogP contribution in [0, 0.1) is 17.3 Å². The first-order valence-electron chi connectivity index (χ1n) is 6.10. The molecule has 1 fully saturated rings. The Balaban J connectivity index is 1.94. The summed E-state index contributed by atoms with van der Waals surface area (Å²) in [6.07, 6.45) is 6.41. The first-order chi connectivity index (χ1) is 9.43. The minimum absolute atomic E-state index is 0.0175. The Morgan fingerprint density at radius 2 is 2.05 bits per heavy atom. The predicted octanol–water partition coefficient (Wildman–Crippen LogP) is 3.55. The van der Waals surface area contributed by atoms with Gasteiger partial charge in [-0.1, -0.05) is 42.2 Å². The lowest BCUT2D eigenvalue weighted by atomic mass is 10.1. The van der Waals surface area contributed by atoms with Crippen molar-refractivity contribution in [3.05, 3.63) is 40.7 Å². The van der Waals surface area contributed by atoms with Crippen LogP contribution in [0.4, 0.5) is 0 Å². The number of hydrogen-bond acceptors (Lipinski definition) is 4. The molecule has 0 aromatic carbocycles. The van der Waals surface area contributed by atoms with Crippen molar-refractivity contribution in [3.63, 3.8) is 0 Å². The molecule has 20 heavy (non-hydrogen) atoms. The topological polar surface area (TPSA) is 51.5 Å². The van der Waals surface area contributed by atoms with E-state index in [-0.39, 0.29) is 27.7 Å². The van der Waals surface area contributed by atoms with E-state index in [0.29, 0.717) is 0 Å². The van der Waals surface area contributed by atoms with Crippen LogP contribution in [0.5, 0.6) is 0 Å². The molecule has 0 aliphatic heterocycles. The van der Waals surface area contributed by atoms with Crippen molar-refractivity contribution in [1.29, 1.82) is 0 Å². The molecule has 4 nitrogen and oxygen atoms in total. The SMILES string of the molecule is CC1(C)C(C=C(Cl)Cl)C1C(=O)O/N=C/c1ccncc1. The summed E-state index contributed by atoms with van der Waals surface area (Å²) in [6.45, 7) is 3.92. The zero-order valence-electron chi connectivity index (χ0n) is 11.1. The molecule has 0 amide bonds. The maximum Gasteiger partial charge on any atom is 0.339 e. The van der Waals surface area contributed by atoms with Crippen LogP contribution < -0.4 is 0 Å². The van der Waals surface area contributed by atoms with E-state index in [4.69, 9.17) is 28.0 Å². The van der Waals surface area contributed by atoms with E-state index < -0.39 is 0 Å². The van der Waals surface area contributed by atoms with E-state index >= 15 is 0 Å². The van der Waals surface area contributed by atoms with Crippen LogP contribution in [0.1, 0.15) is 19.4 Å². The fourth-order valence-electron chi connectivity index (χ4n) is 2.22. The molecule has 1 aromatic rings. The van der Waals surface area contributed by atoms with Crippen molar-refractivity contribution in [2.45, 2.75) is 13.8 Å². The summed E-state index contributed by atoms with van der Waals surface area (Å²) >= 11 is 11.3. The highest BCUT2D eigenvalue weighted by molar-refractivity contribution is 6.55. The van der Waals surface area contributed by atoms with Crippen LogP contribution in [0.3, 0.4) is 0 Å². The second kappa shape index (κ2) is 5.94. The molecule has 0 spiro atoms. The Hall–Kier alpha value is -1.39.